The highest BCUT2D eigenvalue weighted by molar-refractivity contribution is 6.30. The third-order valence-electron chi connectivity index (χ3n) is 2.87. The van der Waals surface area contributed by atoms with E-state index < -0.39 is 5.82 Å². The second-order valence-corrected chi connectivity index (χ2v) is 4.67. The minimum absolute atomic E-state index is 0.0585. The Labute approximate surface area is 110 Å². The average molecular weight is 268 g/mol. The smallest absolute Gasteiger partial charge is 0.141 e. The molecule has 0 fully saturated rings. The molecule has 0 saturated carbocycles. The first-order valence-corrected chi connectivity index (χ1v) is 6.16. The molecular formula is C13H15ClFN3. The topological polar surface area (TPSA) is 40.7 Å². The van der Waals surface area contributed by atoms with Gasteiger partial charge in [0, 0.05) is 18.4 Å². The van der Waals surface area contributed by atoms with Crippen LogP contribution in [0, 0.1) is 5.82 Å². The van der Waals surface area contributed by atoms with Gasteiger partial charge in [0.15, 0.2) is 0 Å². The molecule has 3 nitrogen and oxygen atoms in total. The van der Waals surface area contributed by atoms with Crippen molar-refractivity contribution >= 4 is 11.6 Å². The van der Waals surface area contributed by atoms with Crippen LogP contribution in [0.15, 0.2) is 30.6 Å². The van der Waals surface area contributed by atoms with Gasteiger partial charge in [-0.25, -0.2) is 9.37 Å². The van der Waals surface area contributed by atoms with E-state index in [1.165, 1.54) is 6.07 Å². The van der Waals surface area contributed by atoms with E-state index in [2.05, 4.69) is 15.3 Å². The van der Waals surface area contributed by atoms with E-state index in [-0.39, 0.29) is 17.1 Å². The molecule has 0 spiro atoms. The molecule has 0 radical (unpaired) electrons. The fraction of sp³-hybridized carbons (Fsp3) is 0.308. The lowest BCUT2D eigenvalue weighted by Gasteiger charge is -2.19. The van der Waals surface area contributed by atoms with Crippen LogP contribution in [0.1, 0.15) is 37.3 Å². The highest BCUT2D eigenvalue weighted by Gasteiger charge is 2.13. The van der Waals surface area contributed by atoms with Crippen LogP contribution in [-0.4, -0.2) is 9.97 Å². The molecule has 0 aliphatic carbocycles. The van der Waals surface area contributed by atoms with Gasteiger partial charge in [-0.15, -0.1) is 0 Å². The molecule has 2 atom stereocenters. The highest BCUT2D eigenvalue weighted by atomic mass is 35.5. The number of rotatable bonds is 4. The van der Waals surface area contributed by atoms with Crippen molar-refractivity contribution in [2.45, 2.75) is 25.9 Å². The number of aromatic nitrogens is 2. The fourth-order valence-electron chi connectivity index (χ4n) is 1.85. The lowest BCUT2D eigenvalue weighted by atomic mass is 10.1. The van der Waals surface area contributed by atoms with E-state index >= 15 is 0 Å². The Balaban J connectivity index is 2.07. The van der Waals surface area contributed by atoms with Gasteiger partial charge in [-0.1, -0.05) is 17.7 Å². The van der Waals surface area contributed by atoms with Gasteiger partial charge >= 0.3 is 0 Å². The van der Waals surface area contributed by atoms with Crippen LogP contribution >= 0.6 is 11.6 Å². The molecule has 1 aromatic heterocycles. The SMILES string of the molecule is CC(NC(C)c1ncc[nH]1)c1ccc(F)c(Cl)c1. The van der Waals surface area contributed by atoms with Gasteiger partial charge in [0.05, 0.1) is 11.1 Å². The predicted molar refractivity (Wildman–Crippen MR) is 70.0 cm³/mol. The molecule has 0 bridgehead atoms. The summed E-state index contributed by atoms with van der Waals surface area (Å²) in [4.78, 5) is 7.24. The summed E-state index contributed by atoms with van der Waals surface area (Å²) in [5, 5.41) is 3.52. The summed E-state index contributed by atoms with van der Waals surface area (Å²) in [5.41, 5.74) is 0.944. The van der Waals surface area contributed by atoms with E-state index in [1.54, 1.807) is 24.5 Å². The van der Waals surface area contributed by atoms with Crippen LogP contribution in [-0.2, 0) is 0 Å². The summed E-state index contributed by atoms with van der Waals surface area (Å²) in [6, 6.07) is 4.90. The quantitative estimate of drug-likeness (QED) is 0.888. The molecule has 0 aliphatic heterocycles. The van der Waals surface area contributed by atoms with Gasteiger partial charge in [0.2, 0.25) is 0 Å². The van der Waals surface area contributed by atoms with Gasteiger partial charge < -0.3 is 10.3 Å². The van der Waals surface area contributed by atoms with Crippen molar-refractivity contribution in [3.63, 3.8) is 0 Å². The number of imidazole rings is 1. The fourth-order valence-corrected chi connectivity index (χ4v) is 2.04. The molecule has 2 rings (SSSR count). The number of aromatic amines is 1. The van der Waals surface area contributed by atoms with Crippen molar-refractivity contribution in [1.29, 1.82) is 0 Å². The number of benzene rings is 1. The largest absolute Gasteiger partial charge is 0.347 e. The number of H-pyrrole nitrogens is 1. The Kier molecular flexibility index (Phi) is 3.99. The Bertz CT molecular complexity index is 513. The van der Waals surface area contributed by atoms with Gasteiger partial charge in [-0.2, -0.15) is 0 Å². The minimum atomic E-state index is -0.397. The van der Waals surface area contributed by atoms with Gasteiger partial charge in [-0.05, 0) is 31.5 Å². The van der Waals surface area contributed by atoms with Gasteiger partial charge in [0.1, 0.15) is 11.6 Å². The van der Waals surface area contributed by atoms with E-state index in [9.17, 15) is 4.39 Å². The van der Waals surface area contributed by atoms with E-state index in [1.807, 2.05) is 13.8 Å². The first-order valence-electron chi connectivity index (χ1n) is 5.78. The molecule has 1 aromatic carbocycles. The Hall–Kier alpha value is -1.39. The van der Waals surface area contributed by atoms with Crippen molar-refractivity contribution in [3.8, 4) is 0 Å². The van der Waals surface area contributed by atoms with Crippen molar-refractivity contribution in [1.82, 2.24) is 15.3 Å². The first-order chi connectivity index (χ1) is 8.58. The monoisotopic (exact) mass is 267 g/mol. The minimum Gasteiger partial charge on any atom is -0.347 e. The number of halogens is 2. The molecule has 0 saturated heterocycles. The maximum Gasteiger partial charge on any atom is 0.141 e. The zero-order chi connectivity index (χ0) is 13.1. The van der Waals surface area contributed by atoms with E-state index in [0.29, 0.717) is 0 Å². The molecule has 1 heterocycles. The van der Waals surface area contributed by atoms with Crippen LogP contribution in [0.3, 0.4) is 0 Å². The molecular weight excluding hydrogens is 253 g/mol. The maximum atomic E-state index is 13.1. The highest BCUT2D eigenvalue weighted by Crippen LogP contribution is 2.22. The third-order valence-corrected chi connectivity index (χ3v) is 3.16. The Morgan fingerprint density at radius 3 is 2.72 bits per heavy atom. The summed E-state index contributed by atoms with van der Waals surface area (Å²) in [5.74, 6) is 0.474. The number of hydrogen-bond donors (Lipinski definition) is 2. The molecule has 18 heavy (non-hydrogen) atoms. The normalized spacial score (nSPS) is 14.4. The van der Waals surface area contributed by atoms with Crippen LogP contribution in [0.2, 0.25) is 5.02 Å². The Morgan fingerprint density at radius 1 is 1.33 bits per heavy atom. The van der Waals surface area contributed by atoms with Crippen LogP contribution in [0.5, 0.6) is 0 Å². The molecule has 2 aromatic rings. The second kappa shape index (κ2) is 5.50. The first kappa shape index (κ1) is 13.1. The predicted octanol–water partition coefficient (Wildman–Crippen LogP) is 3.61. The van der Waals surface area contributed by atoms with E-state index in [0.717, 1.165) is 11.4 Å². The summed E-state index contributed by atoms with van der Waals surface area (Å²) < 4.78 is 13.1. The second-order valence-electron chi connectivity index (χ2n) is 4.26. The van der Waals surface area contributed by atoms with Crippen molar-refractivity contribution in [2.24, 2.45) is 0 Å². The molecule has 0 aliphatic rings. The molecule has 5 heteroatoms. The summed E-state index contributed by atoms with van der Waals surface area (Å²) in [6.07, 6.45) is 3.50. The number of nitrogens with one attached hydrogen (secondary N) is 2. The van der Waals surface area contributed by atoms with Crippen LogP contribution in [0.25, 0.3) is 0 Å². The summed E-state index contributed by atoms with van der Waals surface area (Å²) in [7, 11) is 0. The lowest BCUT2D eigenvalue weighted by Crippen LogP contribution is -2.23. The molecule has 0 amide bonds. The van der Waals surface area contributed by atoms with Crippen molar-refractivity contribution in [2.75, 3.05) is 0 Å². The number of nitrogens with zero attached hydrogens (tertiary/aromatic N) is 1. The van der Waals surface area contributed by atoms with Crippen molar-refractivity contribution < 1.29 is 4.39 Å². The maximum absolute atomic E-state index is 13.1. The lowest BCUT2D eigenvalue weighted by molar-refractivity contribution is 0.478. The molecule has 2 unspecified atom stereocenters. The zero-order valence-electron chi connectivity index (χ0n) is 10.2. The average Bonchev–Trinajstić information content (AvgIpc) is 2.86. The van der Waals surface area contributed by atoms with Gasteiger partial charge in [-0.3, -0.25) is 0 Å². The van der Waals surface area contributed by atoms with Crippen LogP contribution < -0.4 is 5.32 Å². The zero-order valence-corrected chi connectivity index (χ0v) is 11.0. The standard InChI is InChI=1S/C13H15ClFN3/c1-8(10-3-4-12(15)11(14)7-10)18-9(2)13-16-5-6-17-13/h3-9,18H,1-2H3,(H,16,17). The number of hydrogen-bond acceptors (Lipinski definition) is 2. The van der Waals surface area contributed by atoms with Crippen LogP contribution in [0.4, 0.5) is 4.39 Å². The van der Waals surface area contributed by atoms with E-state index in [4.69, 9.17) is 11.6 Å². The Morgan fingerprint density at radius 2 is 2.11 bits per heavy atom. The summed E-state index contributed by atoms with van der Waals surface area (Å²) >= 11 is 5.77. The third kappa shape index (κ3) is 2.89. The molecule has 96 valence electrons. The van der Waals surface area contributed by atoms with Gasteiger partial charge in [0.25, 0.3) is 0 Å². The molecule has 2 N–H and O–H groups in total. The van der Waals surface area contributed by atoms with Crippen molar-refractivity contribution in [3.05, 3.63) is 52.8 Å². The summed E-state index contributed by atoms with van der Waals surface area (Å²) in [6.45, 7) is 4.02.